The molecule has 0 radical (unpaired) electrons. The smallest absolute Gasteiger partial charge is 0.308 e. The Morgan fingerprint density at radius 3 is 2.52 bits per heavy atom. The number of halogens is 1. The van der Waals surface area contributed by atoms with Gasteiger partial charge >= 0.3 is 5.97 Å². The molecule has 0 spiro atoms. The van der Waals surface area contributed by atoms with Crippen molar-refractivity contribution in [3.05, 3.63) is 64.7 Å². The highest BCUT2D eigenvalue weighted by molar-refractivity contribution is 7.98. The number of aromatic nitrogens is 3. The zero-order valence-corrected chi connectivity index (χ0v) is 17.5. The van der Waals surface area contributed by atoms with Crippen molar-refractivity contribution in [3.8, 4) is 5.75 Å². The Labute approximate surface area is 177 Å². The van der Waals surface area contributed by atoms with Gasteiger partial charge in [-0.15, -0.1) is 10.2 Å². The number of esters is 1. The van der Waals surface area contributed by atoms with Gasteiger partial charge in [0.25, 0.3) is 5.91 Å². The summed E-state index contributed by atoms with van der Waals surface area (Å²) in [5.41, 5.74) is 1.42. The van der Waals surface area contributed by atoms with Crippen LogP contribution in [0.3, 0.4) is 0 Å². The van der Waals surface area contributed by atoms with E-state index in [0.717, 1.165) is 5.56 Å². The van der Waals surface area contributed by atoms with Gasteiger partial charge in [-0.2, -0.15) is 0 Å². The van der Waals surface area contributed by atoms with Gasteiger partial charge in [0.15, 0.2) is 5.16 Å². The molecular formula is C20H19ClN4O3S. The molecule has 3 rings (SSSR count). The maximum atomic E-state index is 12.5. The van der Waals surface area contributed by atoms with Gasteiger partial charge in [0.1, 0.15) is 5.75 Å². The standard InChI is InChI=1S/C20H19ClN4O3S/c1-3-25-19(22-18(27)14-8-10-16(11-9-14)28-13(2)26)23-24-20(25)29-12-15-6-4-5-7-17(15)21/h4-11H,3,12H2,1-2H3,(H,22,23,27). The molecular weight excluding hydrogens is 412 g/mol. The van der Waals surface area contributed by atoms with Crippen LogP contribution in [0.2, 0.25) is 5.02 Å². The number of ether oxygens (including phenoxy) is 1. The second kappa shape index (κ2) is 9.58. The summed E-state index contributed by atoms with van der Waals surface area (Å²) in [7, 11) is 0. The van der Waals surface area contributed by atoms with Crippen LogP contribution >= 0.6 is 23.4 Å². The largest absolute Gasteiger partial charge is 0.427 e. The van der Waals surface area contributed by atoms with Crippen LogP contribution in [0.5, 0.6) is 5.75 Å². The van der Waals surface area contributed by atoms with E-state index < -0.39 is 5.97 Å². The number of anilines is 1. The van der Waals surface area contributed by atoms with Gasteiger partial charge in [-0.1, -0.05) is 41.6 Å². The van der Waals surface area contributed by atoms with E-state index in [-0.39, 0.29) is 5.91 Å². The van der Waals surface area contributed by atoms with Crippen molar-refractivity contribution in [2.45, 2.75) is 31.3 Å². The molecule has 0 saturated heterocycles. The number of nitrogens with one attached hydrogen (secondary N) is 1. The van der Waals surface area contributed by atoms with Crippen LogP contribution in [0, 0.1) is 0 Å². The topological polar surface area (TPSA) is 86.1 Å². The lowest BCUT2D eigenvalue weighted by Crippen LogP contribution is -2.16. The number of thioether (sulfide) groups is 1. The second-order valence-electron chi connectivity index (χ2n) is 6.00. The minimum Gasteiger partial charge on any atom is -0.427 e. The summed E-state index contributed by atoms with van der Waals surface area (Å²) >= 11 is 7.70. The highest BCUT2D eigenvalue weighted by atomic mass is 35.5. The molecule has 1 N–H and O–H groups in total. The van der Waals surface area contributed by atoms with Crippen molar-refractivity contribution >= 4 is 41.2 Å². The number of carbonyl (C=O) groups excluding carboxylic acids is 2. The molecule has 0 saturated carbocycles. The fourth-order valence-electron chi connectivity index (χ4n) is 2.54. The van der Waals surface area contributed by atoms with Crippen molar-refractivity contribution < 1.29 is 14.3 Å². The van der Waals surface area contributed by atoms with E-state index in [2.05, 4.69) is 15.5 Å². The van der Waals surface area contributed by atoms with Crippen molar-refractivity contribution in [1.29, 1.82) is 0 Å². The van der Waals surface area contributed by atoms with Crippen LogP contribution in [0.25, 0.3) is 0 Å². The maximum Gasteiger partial charge on any atom is 0.308 e. The summed E-state index contributed by atoms with van der Waals surface area (Å²) in [6.45, 7) is 3.87. The van der Waals surface area contributed by atoms with Gasteiger partial charge in [-0.05, 0) is 42.8 Å². The Balaban J connectivity index is 1.68. The quantitative estimate of drug-likeness (QED) is 0.339. The lowest BCUT2D eigenvalue weighted by molar-refractivity contribution is -0.131. The molecule has 1 amide bonds. The first kappa shape index (κ1) is 20.9. The molecule has 2 aromatic carbocycles. The molecule has 150 valence electrons. The van der Waals surface area contributed by atoms with E-state index >= 15 is 0 Å². The number of nitrogens with zero attached hydrogens (tertiary/aromatic N) is 3. The molecule has 29 heavy (non-hydrogen) atoms. The monoisotopic (exact) mass is 430 g/mol. The summed E-state index contributed by atoms with van der Waals surface area (Å²) in [6.07, 6.45) is 0. The van der Waals surface area contributed by atoms with E-state index in [9.17, 15) is 9.59 Å². The number of rotatable bonds is 7. The van der Waals surface area contributed by atoms with E-state index in [1.54, 1.807) is 24.3 Å². The molecule has 0 fully saturated rings. The fourth-order valence-corrected chi connectivity index (χ4v) is 3.83. The highest BCUT2D eigenvalue weighted by Crippen LogP contribution is 2.27. The number of amides is 1. The van der Waals surface area contributed by atoms with Gasteiger partial charge in [0, 0.05) is 29.8 Å². The Hall–Kier alpha value is -2.84. The first-order chi connectivity index (χ1) is 14.0. The van der Waals surface area contributed by atoms with Crippen LogP contribution in [-0.4, -0.2) is 26.6 Å². The maximum absolute atomic E-state index is 12.5. The van der Waals surface area contributed by atoms with E-state index in [0.29, 0.717) is 39.7 Å². The van der Waals surface area contributed by atoms with Gasteiger partial charge in [0.05, 0.1) is 0 Å². The first-order valence-electron chi connectivity index (χ1n) is 8.87. The molecule has 1 aromatic heterocycles. The Bertz CT molecular complexity index is 1020. The van der Waals surface area contributed by atoms with E-state index in [1.807, 2.05) is 35.8 Å². The van der Waals surface area contributed by atoms with Gasteiger partial charge < -0.3 is 4.74 Å². The summed E-state index contributed by atoms with van der Waals surface area (Å²) < 4.78 is 6.80. The van der Waals surface area contributed by atoms with Gasteiger partial charge in [-0.25, -0.2) is 0 Å². The minimum absolute atomic E-state index is 0.330. The number of carbonyl (C=O) groups is 2. The van der Waals surface area contributed by atoms with E-state index in [1.165, 1.54) is 18.7 Å². The average Bonchev–Trinajstić information content (AvgIpc) is 3.08. The predicted molar refractivity (Wildman–Crippen MR) is 112 cm³/mol. The second-order valence-corrected chi connectivity index (χ2v) is 7.35. The Morgan fingerprint density at radius 1 is 1.14 bits per heavy atom. The molecule has 0 aliphatic carbocycles. The van der Waals surface area contributed by atoms with Crippen molar-refractivity contribution in [3.63, 3.8) is 0 Å². The third kappa shape index (κ3) is 5.36. The zero-order valence-electron chi connectivity index (χ0n) is 15.9. The van der Waals surface area contributed by atoms with E-state index in [4.69, 9.17) is 16.3 Å². The van der Waals surface area contributed by atoms with Crippen molar-refractivity contribution in [2.24, 2.45) is 0 Å². The van der Waals surface area contributed by atoms with Crippen LogP contribution < -0.4 is 10.1 Å². The molecule has 1 heterocycles. The zero-order chi connectivity index (χ0) is 20.8. The van der Waals surface area contributed by atoms with Gasteiger partial charge in [-0.3, -0.25) is 19.5 Å². The SMILES string of the molecule is CCn1c(NC(=O)c2ccc(OC(C)=O)cc2)nnc1SCc1ccccc1Cl. The lowest BCUT2D eigenvalue weighted by atomic mass is 10.2. The Kier molecular flexibility index (Phi) is 6.90. The fraction of sp³-hybridized carbons (Fsp3) is 0.200. The van der Waals surface area contributed by atoms with Crippen LogP contribution in [0.4, 0.5) is 5.95 Å². The number of hydrogen-bond donors (Lipinski definition) is 1. The van der Waals surface area contributed by atoms with Crippen LogP contribution in [-0.2, 0) is 17.1 Å². The minimum atomic E-state index is -0.417. The molecule has 0 atom stereocenters. The lowest BCUT2D eigenvalue weighted by Gasteiger charge is -2.09. The van der Waals surface area contributed by atoms with Crippen molar-refractivity contribution in [1.82, 2.24) is 14.8 Å². The number of hydrogen-bond acceptors (Lipinski definition) is 6. The molecule has 0 aliphatic heterocycles. The van der Waals surface area contributed by atoms with Crippen molar-refractivity contribution in [2.75, 3.05) is 5.32 Å². The van der Waals surface area contributed by atoms with Crippen LogP contribution in [0.1, 0.15) is 29.8 Å². The normalized spacial score (nSPS) is 10.6. The molecule has 0 unspecified atom stereocenters. The molecule has 0 bridgehead atoms. The number of benzene rings is 2. The third-order valence-electron chi connectivity index (χ3n) is 3.95. The molecule has 9 heteroatoms. The van der Waals surface area contributed by atoms with Crippen LogP contribution in [0.15, 0.2) is 53.7 Å². The average molecular weight is 431 g/mol. The van der Waals surface area contributed by atoms with Gasteiger partial charge in [0.2, 0.25) is 5.95 Å². The summed E-state index contributed by atoms with van der Waals surface area (Å²) in [5.74, 6) is 0.639. The highest BCUT2D eigenvalue weighted by Gasteiger charge is 2.15. The summed E-state index contributed by atoms with van der Waals surface area (Å²) in [6, 6.07) is 13.9. The third-order valence-corrected chi connectivity index (χ3v) is 5.34. The predicted octanol–water partition coefficient (Wildman–Crippen LogP) is 4.42. The Morgan fingerprint density at radius 2 is 1.86 bits per heavy atom. The molecule has 3 aromatic rings. The molecule has 7 nitrogen and oxygen atoms in total. The molecule has 0 aliphatic rings. The first-order valence-corrected chi connectivity index (χ1v) is 10.2. The summed E-state index contributed by atoms with van der Waals surface area (Å²) in [4.78, 5) is 23.5. The summed E-state index contributed by atoms with van der Waals surface area (Å²) in [5, 5.41) is 12.4.